The van der Waals surface area contributed by atoms with Crippen molar-refractivity contribution in [2.75, 3.05) is 17.2 Å². The molecule has 0 radical (unpaired) electrons. The number of carbonyl (C=O) groups excluding carboxylic acids is 2. The van der Waals surface area contributed by atoms with Gasteiger partial charge in [0.25, 0.3) is 5.91 Å². The molecule has 0 bridgehead atoms. The first kappa shape index (κ1) is 27.2. The molecule has 0 saturated heterocycles. The topological polar surface area (TPSA) is 86.5 Å². The fraction of sp³-hybridized carbons (Fsp3) is 0.312. The number of amides is 2. The van der Waals surface area contributed by atoms with E-state index in [1.54, 1.807) is 23.2 Å². The van der Waals surface area contributed by atoms with Crippen LogP contribution in [0.15, 0.2) is 66.9 Å². The summed E-state index contributed by atoms with van der Waals surface area (Å²) in [6.45, 7) is 11.1. The largest absolute Gasteiger partial charge is 0.444 e. The first-order valence-corrected chi connectivity index (χ1v) is 13.4. The lowest BCUT2D eigenvalue weighted by molar-refractivity contribution is 0.0174. The number of nitrogens with zero attached hydrogens (tertiary/aromatic N) is 1. The van der Waals surface area contributed by atoms with Crippen molar-refractivity contribution in [3.05, 3.63) is 94.9 Å². The Bertz CT molecular complexity index is 1580. The van der Waals surface area contributed by atoms with Gasteiger partial charge < -0.3 is 25.3 Å². The maximum absolute atomic E-state index is 14.1. The SMILES string of the molecule is CC(C)(C)OC(=O)N1Cc2cc(NC(=O)c3ccccc3NCc3c[nH]c4c(F)cccc34)ccc2C(C)(C)C1. The number of rotatable bonds is 5. The minimum atomic E-state index is -0.580. The number of hydrogen-bond acceptors (Lipinski definition) is 4. The highest BCUT2D eigenvalue weighted by Crippen LogP contribution is 2.35. The van der Waals surface area contributed by atoms with Crippen LogP contribution >= 0.6 is 0 Å². The maximum atomic E-state index is 14.1. The molecule has 0 aliphatic carbocycles. The quantitative estimate of drug-likeness (QED) is 0.249. The second-order valence-corrected chi connectivity index (χ2v) is 11.9. The van der Waals surface area contributed by atoms with Crippen LogP contribution in [-0.4, -0.2) is 34.0 Å². The molecule has 0 fully saturated rings. The molecule has 1 aromatic heterocycles. The Hall–Kier alpha value is -4.33. The van der Waals surface area contributed by atoms with Crippen LogP contribution in [0.25, 0.3) is 10.9 Å². The molecule has 0 spiro atoms. The predicted octanol–water partition coefficient (Wildman–Crippen LogP) is 7.20. The van der Waals surface area contributed by atoms with Gasteiger partial charge in [0.2, 0.25) is 0 Å². The summed E-state index contributed by atoms with van der Waals surface area (Å²) in [5.41, 5.74) is 4.43. The first-order chi connectivity index (χ1) is 18.9. The van der Waals surface area contributed by atoms with Crippen LogP contribution in [0, 0.1) is 5.82 Å². The zero-order chi connectivity index (χ0) is 28.7. The van der Waals surface area contributed by atoms with Crippen LogP contribution < -0.4 is 10.6 Å². The van der Waals surface area contributed by atoms with E-state index in [0.717, 1.165) is 22.1 Å². The number of carbonyl (C=O) groups is 2. The zero-order valence-electron chi connectivity index (χ0n) is 23.5. The fourth-order valence-electron chi connectivity index (χ4n) is 5.29. The van der Waals surface area contributed by atoms with Gasteiger partial charge in [-0.1, -0.05) is 44.2 Å². The van der Waals surface area contributed by atoms with Crippen molar-refractivity contribution in [1.29, 1.82) is 0 Å². The number of fused-ring (bicyclic) bond motifs is 2. The van der Waals surface area contributed by atoms with Gasteiger partial charge in [0.1, 0.15) is 11.4 Å². The fourth-order valence-corrected chi connectivity index (χ4v) is 5.29. The molecule has 1 aliphatic rings. The van der Waals surface area contributed by atoms with Gasteiger partial charge in [-0.15, -0.1) is 0 Å². The number of para-hydroxylation sites is 2. The molecule has 0 saturated carbocycles. The number of H-pyrrole nitrogens is 1. The highest BCUT2D eigenvalue weighted by molar-refractivity contribution is 6.08. The maximum Gasteiger partial charge on any atom is 0.410 e. The molecule has 8 heteroatoms. The van der Waals surface area contributed by atoms with Crippen molar-refractivity contribution in [2.24, 2.45) is 0 Å². The van der Waals surface area contributed by atoms with Gasteiger partial charge in [0.15, 0.2) is 0 Å². The third-order valence-corrected chi connectivity index (χ3v) is 7.08. The molecule has 1 aliphatic heterocycles. The molecule has 3 aromatic carbocycles. The molecule has 2 amide bonds. The minimum Gasteiger partial charge on any atom is -0.444 e. The molecular weight excluding hydrogens is 507 g/mol. The van der Waals surface area contributed by atoms with Crippen molar-refractivity contribution >= 4 is 34.3 Å². The Balaban J connectivity index is 1.33. The Morgan fingerprint density at radius 3 is 2.62 bits per heavy atom. The molecule has 3 N–H and O–H groups in total. The van der Waals surface area contributed by atoms with Crippen LogP contribution in [-0.2, 0) is 23.2 Å². The number of nitrogens with one attached hydrogen (secondary N) is 3. The second-order valence-electron chi connectivity index (χ2n) is 11.9. The van der Waals surface area contributed by atoms with Gasteiger partial charge >= 0.3 is 6.09 Å². The lowest BCUT2D eigenvalue weighted by Gasteiger charge is -2.40. The van der Waals surface area contributed by atoms with Crippen LogP contribution in [0.4, 0.5) is 20.6 Å². The van der Waals surface area contributed by atoms with Crippen molar-refractivity contribution in [3.8, 4) is 0 Å². The number of benzene rings is 3. The Morgan fingerprint density at radius 1 is 1.07 bits per heavy atom. The van der Waals surface area contributed by atoms with E-state index in [1.165, 1.54) is 6.07 Å². The number of aromatic nitrogens is 1. The first-order valence-electron chi connectivity index (χ1n) is 13.4. The van der Waals surface area contributed by atoms with Gasteiger partial charge in [0.05, 0.1) is 11.1 Å². The van der Waals surface area contributed by atoms with E-state index in [0.29, 0.717) is 42.1 Å². The molecule has 208 valence electrons. The molecule has 0 atom stereocenters. The summed E-state index contributed by atoms with van der Waals surface area (Å²) < 4.78 is 19.7. The van der Waals surface area contributed by atoms with Crippen molar-refractivity contribution in [3.63, 3.8) is 0 Å². The van der Waals surface area contributed by atoms with E-state index < -0.39 is 5.60 Å². The third kappa shape index (κ3) is 5.66. The van der Waals surface area contributed by atoms with E-state index in [1.807, 2.05) is 63.2 Å². The van der Waals surface area contributed by atoms with Gasteiger partial charge in [-0.3, -0.25) is 4.79 Å². The van der Waals surface area contributed by atoms with Gasteiger partial charge in [0, 0.05) is 48.0 Å². The van der Waals surface area contributed by atoms with E-state index in [4.69, 9.17) is 4.74 Å². The summed E-state index contributed by atoms with van der Waals surface area (Å²) >= 11 is 0. The predicted molar refractivity (Wildman–Crippen MR) is 156 cm³/mol. The van der Waals surface area contributed by atoms with E-state index in [9.17, 15) is 14.0 Å². The van der Waals surface area contributed by atoms with E-state index >= 15 is 0 Å². The van der Waals surface area contributed by atoms with E-state index in [-0.39, 0.29) is 23.2 Å². The summed E-state index contributed by atoms with van der Waals surface area (Å²) in [5.74, 6) is -0.557. The Kier molecular flexibility index (Phi) is 7.04. The number of aromatic amines is 1. The summed E-state index contributed by atoms with van der Waals surface area (Å²) in [6, 6.07) is 18.1. The standard InChI is InChI=1S/C32H35FN4O3/c1-31(2,3)40-30(39)37-18-20-15-22(13-14-25(20)32(4,5)19-37)36-29(38)24-9-6-7-12-27(24)34-16-21-17-35-28-23(21)10-8-11-26(28)33/h6-15,17,34-35H,16,18-19H2,1-5H3,(H,36,38). The molecule has 4 aromatic rings. The molecule has 40 heavy (non-hydrogen) atoms. The molecule has 7 nitrogen and oxygen atoms in total. The average Bonchev–Trinajstić information content (AvgIpc) is 3.30. The third-order valence-electron chi connectivity index (χ3n) is 7.08. The van der Waals surface area contributed by atoms with Gasteiger partial charge in [-0.2, -0.15) is 0 Å². The molecule has 5 rings (SSSR count). The van der Waals surface area contributed by atoms with Crippen LogP contribution in [0.5, 0.6) is 0 Å². The van der Waals surface area contributed by atoms with E-state index in [2.05, 4.69) is 29.5 Å². The molecular formula is C32H35FN4O3. The summed E-state index contributed by atoms with van der Waals surface area (Å²) in [5, 5.41) is 7.15. The Labute approximate surface area is 233 Å². The highest BCUT2D eigenvalue weighted by atomic mass is 19.1. The number of hydrogen-bond donors (Lipinski definition) is 3. The monoisotopic (exact) mass is 542 g/mol. The van der Waals surface area contributed by atoms with Crippen LogP contribution in [0.2, 0.25) is 0 Å². The second kappa shape index (κ2) is 10.3. The normalized spacial score (nSPS) is 14.5. The summed E-state index contributed by atoms with van der Waals surface area (Å²) in [6.07, 6.45) is 1.43. The summed E-state index contributed by atoms with van der Waals surface area (Å²) in [4.78, 5) is 30.9. The number of ether oxygens (including phenoxy) is 1. The number of anilines is 2. The smallest absolute Gasteiger partial charge is 0.410 e. The van der Waals surface area contributed by atoms with Crippen molar-refractivity contribution < 1.29 is 18.7 Å². The van der Waals surface area contributed by atoms with Gasteiger partial charge in [-0.25, -0.2) is 9.18 Å². The molecule has 0 unspecified atom stereocenters. The van der Waals surface area contributed by atoms with Crippen LogP contribution in [0.3, 0.4) is 0 Å². The molecule has 2 heterocycles. The average molecular weight is 543 g/mol. The van der Waals surface area contributed by atoms with Crippen LogP contribution in [0.1, 0.15) is 61.7 Å². The lowest BCUT2D eigenvalue weighted by atomic mass is 9.78. The number of halogens is 1. The van der Waals surface area contributed by atoms with Gasteiger partial charge in [-0.05, 0) is 67.8 Å². The summed E-state index contributed by atoms with van der Waals surface area (Å²) in [7, 11) is 0. The highest BCUT2D eigenvalue weighted by Gasteiger charge is 2.35. The van der Waals surface area contributed by atoms with Crippen molar-refractivity contribution in [2.45, 2.75) is 58.7 Å². The zero-order valence-corrected chi connectivity index (χ0v) is 23.5. The minimum absolute atomic E-state index is 0.257. The Morgan fingerprint density at radius 2 is 1.85 bits per heavy atom. The van der Waals surface area contributed by atoms with Crippen molar-refractivity contribution in [1.82, 2.24) is 9.88 Å². The lowest BCUT2D eigenvalue weighted by Crippen LogP contribution is -2.46.